The molecule has 0 amide bonds. The third-order valence-corrected chi connectivity index (χ3v) is 5.20. The fourth-order valence-corrected chi connectivity index (χ4v) is 3.54. The van der Waals surface area contributed by atoms with Gasteiger partial charge in [-0.05, 0) is 24.2 Å². The second kappa shape index (κ2) is 7.78. The molecule has 0 aliphatic carbocycles. The zero-order valence-electron chi connectivity index (χ0n) is 11.9. The molecule has 0 saturated heterocycles. The van der Waals surface area contributed by atoms with Crippen molar-refractivity contribution in [2.75, 3.05) is 19.6 Å². The Morgan fingerprint density at radius 2 is 2.10 bits per heavy atom. The van der Waals surface area contributed by atoms with E-state index in [1.807, 2.05) is 6.92 Å². The number of halogens is 1. The molecule has 0 unspecified atom stereocenters. The molecule has 1 rings (SSSR count). The minimum Gasteiger partial charge on any atom is -0.313 e. The molecule has 0 aliphatic rings. The molecule has 0 aliphatic heterocycles. The quantitative estimate of drug-likeness (QED) is 0.750. The number of hydrogen-bond donors (Lipinski definition) is 1. The second-order valence-corrected chi connectivity index (χ2v) is 6.62. The van der Waals surface area contributed by atoms with Crippen LogP contribution in [0.2, 0.25) is 5.02 Å². The summed E-state index contributed by atoms with van der Waals surface area (Å²) < 4.78 is 26.2. The molecule has 0 spiro atoms. The highest BCUT2D eigenvalue weighted by Crippen LogP contribution is 2.23. The van der Waals surface area contributed by atoms with E-state index in [9.17, 15) is 8.42 Å². The predicted octanol–water partition coefficient (Wildman–Crippen LogP) is 2.65. The summed E-state index contributed by atoms with van der Waals surface area (Å²) in [6.07, 6.45) is 1.57. The molecular formula is C14H21ClN2O2S. The zero-order chi connectivity index (χ0) is 15.2. The Hall–Kier alpha value is -0.880. The molecule has 4 nitrogen and oxygen atoms in total. The highest BCUT2D eigenvalue weighted by atomic mass is 35.5. The van der Waals surface area contributed by atoms with Gasteiger partial charge in [0.05, 0.1) is 4.90 Å². The fraction of sp³-hybridized carbons (Fsp3) is 0.429. The summed E-state index contributed by atoms with van der Waals surface area (Å²) in [6.45, 7) is 9.51. The maximum Gasteiger partial charge on any atom is 0.243 e. The molecule has 112 valence electrons. The molecule has 0 heterocycles. The van der Waals surface area contributed by atoms with Crippen molar-refractivity contribution in [3.63, 3.8) is 0 Å². The average Bonchev–Trinajstić information content (AvgIpc) is 2.43. The highest BCUT2D eigenvalue weighted by molar-refractivity contribution is 7.89. The van der Waals surface area contributed by atoms with E-state index in [2.05, 4.69) is 11.9 Å². The van der Waals surface area contributed by atoms with E-state index in [0.717, 1.165) is 12.1 Å². The monoisotopic (exact) mass is 316 g/mol. The minimum absolute atomic E-state index is 0.214. The number of sulfonamides is 1. The molecule has 0 bridgehead atoms. The van der Waals surface area contributed by atoms with Gasteiger partial charge in [0, 0.05) is 24.7 Å². The maximum absolute atomic E-state index is 12.4. The lowest BCUT2D eigenvalue weighted by atomic mass is 10.2. The molecule has 0 atom stereocenters. The van der Waals surface area contributed by atoms with Crippen LogP contribution in [0.1, 0.15) is 19.4 Å². The van der Waals surface area contributed by atoms with Gasteiger partial charge in [-0.1, -0.05) is 37.6 Å². The van der Waals surface area contributed by atoms with E-state index in [0.29, 0.717) is 18.1 Å². The second-order valence-electron chi connectivity index (χ2n) is 4.28. The van der Waals surface area contributed by atoms with Gasteiger partial charge in [0.15, 0.2) is 0 Å². The van der Waals surface area contributed by atoms with Crippen LogP contribution in [0.5, 0.6) is 0 Å². The van der Waals surface area contributed by atoms with Gasteiger partial charge in [-0.3, -0.25) is 0 Å². The molecule has 0 radical (unpaired) electrons. The summed E-state index contributed by atoms with van der Waals surface area (Å²) >= 11 is 6.15. The van der Waals surface area contributed by atoms with Gasteiger partial charge in [0.2, 0.25) is 10.0 Å². The Bertz CT molecular complexity index is 558. The van der Waals surface area contributed by atoms with Crippen molar-refractivity contribution in [2.24, 2.45) is 0 Å². The lowest BCUT2D eigenvalue weighted by molar-refractivity contribution is 0.460. The van der Waals surface area contributed by atoms with Crippen LogP contribution < -0.4 is 5.32 Å². The Labute approximate surface area is 126 Å². The molecule has 1 aromatic carbocycles. The van der Waals surface area contributed by atoms with Crippen LogP contribution in [-0.4, -0.2) is 32.4 Å². The Morgan fingerprint density at radius 3 is 2.60 bits per heavy atom. The first-order valence-corrected chi connectivity index (χ1v) is 8.39. The maximum atomic E-state index is 12.4. The number of nitrogens with one attached hydrogen (secondary N) is 1. The molecule has 20 heavy (non-hydrogen) atoms. The smallest absolute Gasteiger partial charge is 0.243 e. The molecule has 1 N–H and O–H groups in total. The number of nitrogens with zero attached hydrogens (tertiary/aromatic N) is 1. The summed E-state index contributed by atoms with van der Waals surface area (Å²) in [6, 6.07) is 4.86. The van der Waals surface area contributed by atoms with Crippen molar-refractivity contribution >= 4 is 21.6 Å². The van der Waals surface area contributed by atoms with E-state index in [1.165, 1.54) is 10.4 Å². The van der Waals surface area contributed by atoms with Gasteiger partial charge < -0.3 is 5.32 Å². The van der Waals surface area contributed by atoms with Crippen LogP contribution in [0.15, 0.2) is 35.7 Å². The van der Waals surface area contributed by atoms with Crippen molar-refractivity contribution in [3.05, 3.63) is 41.4 Å². The van der Waals surface area contributed by atoms with E-state index in [-0.39, 0.29) is 11.4 Å². The number of benzene rings is 1. The molecule has 1 aromatic rings. The Morgan fingerprint density at radius 1 is 1.40 bits per heavy atom. The molecule has 0 aromatic heterocycles. The zero-order valence-corrected chi connectivity index (χ0v) is 13.5. The lowest BCUT2D eigenvalue weighted by Crippen LogP contribution is -2.31. The standard InChI is InChI=1S/C14H21ClN2O2S/c1-4-9-17(6-3)20(18,19)13-8-7-12(11-16-5-2)14(15)10-13/h4,7-8,10,16H,1,5-6,9,11H2,2-3H3. The third kappa shape index (κ3) is 4.06. The molecular weight excluding hydrogens is 296 g/mol. The van der Waals surface area contributed by atoms with Crippen LogP contribution in [0.4, 0.5) is 0 Å². The van der Waals surface area contributed by atoms with Crippen molar-refractivity contribution in [1.29, 1.82) is 0 Å². The summed E-state index contributed by atoms with van der Waals surface area (Å²) in [5.74, 6) is 0. The predicted molar refractivity (Wildman–Crippen MR) is 83.5 cm³/mol. The van der Waals surface area contributed by atoms with Gasteiger partial charge in [0.1, 0.15) is 0 Å². The van der Waals surface area contributed by atoms with Crippen LogP contribution in [0.25, 0.3) is 0 Å². The van der Waals surface area contributed by atoms with E-state index >= 15 is 0 Å². The van der Waals surface area contributed by atoms with Gasteiger partial charge in [-0.25, -0.2) is 8.42 Å². The highest BCUT2D eigenvalue weighted by Gasteiger charge is 2.22. The normalized spacial score (nSPS) is 11.8. The fourth-order valence-electron chi connectivity index (χ4n) is 1.78. The largest absolute Gasteiger partial charge is 0.313 e. The minimum atomic E-state index is -3.52. The van der Waals surface area contributed by atoms with Gasteiger partial charge in [-0.15, -0.1) is 6.58 Å². The van der Waals surface area contributed by atoms with Crippen LogP contribution in [0.3, 0.4) is 0 Å². The average molecular weight is 317 g/mol. The van der Waals surface area contributed by atoms with Gasteiger partial charge >= 0.3 is 0 Å². The summed E-state index contributed by atoms with van der Waals surface area (Å²) in [5, 5.41) is 3.62. The van der Waals surface area contributed by atoms with E-state index in [1.54, 1.807) is 25.1 Å². The number of hydrogen-bond acceptors (Lipinski definition) is 3. The Kier molecular flexibility index (Phi) is 6.68. The van der Waals surface area contributed by atoms with E-state index in [4.69, 9.17) is 11.6 Å². The van der Waals surface area contributed by atoms with E-state index < -0.39 is 10.0 Å². The first-order chi connectivity index (χ1) is 9.47. The van der Waals surface area contributed by atoms with Gasteiger partial charge in [0.25, 0.3) is 0 Å². The molecule has 0 saturated carbocycles. The number of rotatable bonds is 8. The first-order valence-electron chi connectivity index (χ1n) is 6.57. The number of likely N-dealkylation sites (N-methyl/N-ethyl adjacent to an activating group) is 1. The van der Waals surface area contributed by atoms with Crippen molar-refractivity contribution < 1.29 is 8.42 Å². The summed E-state index contributed by atoms with van der Waals surface area (Å²) in [5.41, 5.74) is 0.888. The van der Waals surface area contributed by atoms with Gasteiger partial charge in [-0.2, -0.15) is 4.31 Å². The lowest BCUT2D eigenvalue weighted by Gasteiger charge is -2.19. The third-order valence-electron chi connectivity index (χ3n) is 2.91. The SMILES string of the molecule is C=CCN(CC)S(=O)(=O)c1ccc(CNCC)c(Cl)c1. The van der Waals surface area contributed by atoms with Crippen molar-refractivity contribution in [2.45, 2.75) is 25.3 Å². The summed E-state index contributed by atoms with van der Waals surface area (Å²) in [7, 11) is -3.52. The molecule has 0 fully saturated rings. The van der Waals surface area contributed by atoms with Crippen LogP contribution >= 0.6 is 11.6 Å². The Balaban J connectivity index is 3.07. The van der Waals surface area contributed by atoms with Crippen molar-refractivity contribution in [3.8, 4) is 0 Å². The first kappa shape index (κ1) is 17.2. The summed E-state index contributed by atoms with van der Waals surface area (Å²) in [4.78, 5) is 0.214. The van der Waals surface area contributed by atoms with Crippen LogP contribution in [0, 0.1) is 0 Å². The molecule has 6 heteroatoms. The van der Waals surface area contributed by atoms with Crippen LogP contribution in [-0.2, 0) is 16.6 Å². The van der Waals surface area contributed by atoms with Crippen molar-refractivity contribution in [1.82, 2.24) is 9.62 Å². The topological polar surface area (TPSA) is 49.4 Å².